The maximum Gasteiger partial charge on any atom is 0.326 e. The van der Waals surface area contributed by atoms with E-state index in [-0.39, 0.29) is 26.0 Å². The molecule has 0 heterocycles. The summed E-state index contributed by atoms with van der Waals surface area (Å²) in [7, 11) is 0. The van der Waals surface area contributed by atoms with E-state index >= 15 is 0 Å². The summed E-state index contributed by atoms with van der Waals surface area (Å²) in [5.41, 5.74) is 0.487. The van der Waals surface area contributed by atoms with Crippen LogP contribution in [0, 0.1) is 12.3 Å². The van der Waals surface area contributed by atoms with Crippen molar-refractivity contribution in [3.05, 3.63) is 24.3 Å². The van der Waals surface area contributed by atoms with Gasteiger partial charge in [-0.3, -0.25) is 4.79 Å². The summed E-state index contributed by atoms with van der Waals surface area (Å²) in [6.45, 7) is 0.322. The number of carbonyl (C=O) groups is 5. The quantitative estimate of drug-likeness (QED) is 0.138. The zero-order valence-corrected chi connectivity index (χ0v) is 18.8. The second-order valence-electron chi connectivity index (χ2n) is 7.23. The number of carboxylic acids is 3. The molecule has 0 saturated heterocycles. The van der Waals surface area contributed by atoms with Crippen molar-refractivity contribution in [1.82, 2.24) is 16.0 Å². The molecule has 35 heavy (non-hydrogen) atoms. The van der Waals surface area contributed by atoms with E-state index in [0.29, 0.717) is 24.3 Å². The molecule has 0 aliphatic rings. The molecular formula is C22H28N4O9. The zero-order valence-electron chi connectivity index (χ0n) is 18.8. The van der Waals surface area contributed by atoms with Gasteiger partial charge in [-0.15, -0.1) is 6.42 Å². The molecule has 0 fully saturated rings. The molecule has 1 rings (SSSR count). The first-order valence-corrected chi connectivity index (χ1v) is 10.6. The molecule has 0 aliphatic carbocycles. The van der Waals surface area contributed by atoms with Crippen molar-refractivity contribution in [2.45, 2.75) is 44.2 Å². The molecule has 4 amide bonds. The van der Waals surface area contributed by atoms with E-state index in [1.165, 1.54) is 0 Å². The smallest absolute Gasteiger partial charge is 0.326 e. The second-order valence-corrected chi connectivity index (χ2v) is 7.23. The summed E-state index contributed by atoms with van der Waals surface area (Å²) in [6, 6.07) is 2.33. The number of nitrogens with one attached hydrogen (secondary N) is 4. The van der Waals surface area contributed by atoms with Crippen LogP contribution in [0.2, 0.25) is 0 Å². The van der Waals surface area contributed by atoms with Gasteiger partial charge in [-0.2, -0.15) is 0 Å². The van der Waals surface area contributed by atoms with E-state index < -0.39 is 48.5 Å². The van der Waals surface area contributed by atoms with Crippen LogP contribution in [0.3, 0.4) is 0 Å². The molecule has 1 aromatic carbocycles. The van der Waals surface area contributed by atoms with E-state index in [1.807, 2.05) is 0 Å². The first kappa shape index (κ1) is 28.6. The van der Waals surface area contributed by atoms with Crippen LogP contribution in [0.15, 0.2) is 24.3 Å². The lowest BCUT2D eigenvalue weighted by atomic mass is 10.1. The number of unbranched alkanes of at least 4 members (excludes halogenated alkanes) is 1. The Hall–Kier alpha value is -4.47. The Morgan fingerprint density at radius 2 is 1.60 bits per heavy atom. The number of amides is 4. The van der Waals surface area contributed by atoms with Gasteiger partial charge in [0.25, 0.3) is 0 Å². The molecule has 13 nitrogen and oxygen atoms in total. The van der Waals surface area contributed by atoms with Gasteiger partial charge in [-0.25, -0.2) is 19.2 Å². The van der Waals surface area contributed by atoms with Crippen molar-refractivity contribution in [3.8, 4) is 18.1 Å². The van der Waals surface area contributed by atoms with Gasteiger partial charge in [0.05, 0.1) is 0 Å². The Kier molecular flexibility index (Phi) is 12.6. The summed E-state index contributed by atoms with van der Waals surface area (Å²) in [6.07, 6.45) is 5.05. The van der Waals surface area contributed by atoms with Gasteiger partial charge in [0.1, 0.15) is 24.4 Å². The number of benzene rings is 1. The lowest BCUT2D eigenvalue weighted by molar-refractivity contribution is -0.140. The highest BCUT2D eigenvalue weighted by molar-refractivity contribution is 5.89. The molecule has 0 bridgehead atoms. The minimum absolute atomic E-state index is 0.0213. The van der Waals surface area contributed by atoms with Gasteiger partial charge in [-0.05, 0) is 37.8 Å². The van der Waals surface area contributed by atoms with Crippen molar-refractivity contribution in [2.75, 3.05) is 18.5 Å². The van der Waals surface area contributed by atoms with Gasteiger partial charge >= 0.3 is 30.0 Å². The number of ether oxygens (including phenoxy) is 1. The highest BCUT2D eigenvalue weighted by Gasteiger charge is 2.24. The van der Waals surface area contributed by atoms with E-state index in [4.69, 9.17) is 21.4 Å². The molecule has 0 saturated carbocycles. The number of rotatable bonds is 15. The monoisotopic (exact) mass is 492 g/mol. The predicted molar refractivity (Wildman–Crippen MR) is 123 cm³/mol. The number of hydrogen-bond acceptors (Lipinski definition) is 6. The molecular weight excluding hydrogens is 464 g/mol. The molecule has 0 spiro atoms. The van der Waals surface area contributed by atoms with Crippen molar-refractivity contribution in [3.63, 3.8) is 0 Å². The fourth-order valence-corrected chi connectivity index (χ4v) is 2.78. The van der Waals surface area contributed by atoms with E-state index in [0.717, 1.165) is 0 Å². The number of terminal acetylenes is 1. The Morgan fingerprint density at radius 1 is 0.943 bits per heavy atom. The Balaban J connectivity index is 2.39. The average molecular weight is 492 g/mol. The molecule has 0 aromatic heterocycles. The van der Waals surface area contributed by atoms with Gasteiger partial charge in [0, 0.05) is 24.7 Å². The number of carbonyl (C=O) groups excluding carboxylic acids is 2. The Bertz CT molecular complexity index is 945. The fraction of sp³-hybridized carbons (Fsp3) is 0.409. The number of anilines is 1. The van der Waals surface area contributed by atoms with Gasteiger partial charge in [-0.1, -0.05) is 12.0 Å². The van der Waals surface area contributed by atoms with Crippen molar-refractivity contribution >= 4 is 35.7 Å². The van der Waals surface area contributed by atoms with Crippen LogP contribution in [0.25, 0.3) is 0 Å². The number of urea groups is 2. The maximum atomic E-state index is 12.0. The van der Waals surface area contributed by atoms with Crippen LogP contribution in [-0.2, 0) is 14.4 Å². The molecule has 13 heteroatoms. The van der Waals surface area contributed by atoms with Crippen molar-refractivity contribution in [1.29, 1.82) is 0 Å². The van der Waals surface area contributed by atoms with Gasteiger partial charge in [0.2, 0.25) is 0 Å². The lowest BCUT2D eigenvalue weighted by Gasteiger charge is -2.18. The van der Waals surface area contributed by atoms with Crippen LogP contribution in [0.1, 0.15) is 32.1 Å². The summed E-state index contributed by atoms with van der Waals surface area (Å²) < 4.78 is 5.27. The standard InChI is InChI=1S/C22H28N4O9/c1-2-12-35-15-7-5-6-14(13-15)24-21(33)23-11-4-3-8-16(19(29)30)25-22(34)26-17(20(31)32)9-10-18(27)28/h1,5-7,13,16-17H,3-4,8-12H2,(H,27,28)(H,29,30)(H,31,32)(H2,23,24,33)(H2,25,26,34). The summed E-state index contributed by atoms with van der Waals surface area (Å²) in [5.74, 6) is -1.17. The molecule has 0 aliphatic heterocycles. The van der Waals surface area contributed by atoms with Crippen molar-refractivity contribution < 1.29 is 44.0 Å². The predicted octanol–water partition coefficient (Wildman–Crippen LogP) is 1.06. The fourth-order valence-electron chi connectivity index (χ4n) is 2.78. The first-order valence-electron chi connectivity index (χ1n) is 10.6. The molecule has 190 valence electrons. The topological polar surface area (TPSA) is 203 Å². The lowest BCUT2D eigenvalue weighted by Crippen LogP contribution is -2.51. The molecule has 2 unspecified atom stereocenters. The highest BCUT2D eigenvalue weighted by Crippen LogP contribution is 2.17. The highest BCUT2D eigenvalue weighted by atomic mass is 16.5. The normalized spacial score (nSPS) is 11.7. The van der Waals surface area contributed by atoms with Gasteiger partial charge in [0.15, 0.2) is 0 Å². The van der Waals surface area contributed by atoms with E-state index in [1.54, 1.807) is 24.3 Å². The summed E-state index contributed by atoms with van der Waals surface area (Å²) in [4.78, 5) is 57.1. The third-order valence-electron chi connectivity index (χ3n) is 4.47. The first-order chi connectivity index (χ1) is 16.6. The molecule has 1 aromatic rings. The number of hydrogen-bond donors (Lipinski definition) is 7. The zero-order chi connectivity index (χ0) is 26.2. The van der Waals surface area contributed by atoms with Crippen LogP contribution >= 0.6 is 0 Å². The molecule has 0 radical (unpaired) electrons. The van der Waals surface area contributed by atoms with Crippen LogP contribution in [-0.4, -0.2) is 70.5 Å². The molecule has 7 N–H and O–H groups in total. The average Bonchev–Trinajstić information content (AvgIpc) is 2.79. The van der Waals surface area contributed by atoms with Crippen LogP contribution in [0.5, 0.6) is 5.75 Å². The van der Waals surface area contributed by atoms with E-state index in [2.05, 4.69) is 27.2 Å². The Morgan fingerprint density at radius 3 is 2.20 bits per heavy atom. The van der Waals surface area contributed by atoms with Crippen molar-refractivity contribution in [2.24, 2.45) is 0 Å². The number of aliphatic carboxylic acids is 3. The molecule has 2 atom stereocenters. The SMILES string of the molecule is C#CCOc1cccc(NC(=O)NCCCCC(NC(=O)NC(CCC(=O)O)C(=O)O)C(=O)O)c1. The van der Waals surface area contributed by atoms with Crippen LogP contribution < -0.4 is 26.0 Å². The second kappa shape index (κ2) is 15.4. The maximum absolute atomic E-state index is 12.0. The Labute approximate surface area is 201 Å². The van der Waals surface area contributed by atoms with Crippen LogP contribution in [0.4, 0.5) is 15.3 Å². The van der Waals surface area contributed by atoms with E-state index in [9.17, 15) is 29.1 Å². The van der Waals surface area contributed by atoms with Gasteiger partial charge < -0.3 is 41.3 Å². The number of carboxylic acid groups (broad SMARTS) is 3. The third kappa shape index (κ3) is 12.4. The largest absolute Gasteiger partial charge is 0.481 e. The summed E-state index contributed by atoms with van der Waals surface area (Å²) in [5, 5.41) is 36.4. The third-order valence-corrected chi connectivity index (χ3v) is 4.47. The minimum atomic E-state index is -1.48. The summed E-state index contributed by atoms with van der Waals surface area (Å²) >= 11 is 0. The minimum Gasteiger partial charge on any atom is -0.481 e.